The first-order chi connectivity index (χ1) is 9.56. The molecule has 116 valence electrons. The first-order valence-corrected chi connectivity index (χ1v) is 6.46. The standard InChI is InChI=1S/C14H20FN3O3/c1-9-6-10(18(20)21)7-11(12(9)15)13(19)16-8-14(2,3)17(4)5/h6-7H,8H2,1-5H3,(H,16,19). The zero-order valence-electron chi connectivity index (χ0n) is 12.9. The number of amides is 1. The quantitative estimate of drug-likeness (QED) is 0.667. The number of carbonyl (C=O) groups excluding carboxylic acids is 1. The van der Waals surface area contributed by atoms with Crippen LogP contribution in [0.15, 0.2) is 12.1 Å². The Balaban J connectivity index is 3.00. The molecule has 0 spiro atoms. The van der Waals surface area contributed by atoms with E-state index in [1.165, 1.54) is 6.92 Å². The molecule has 21 heavy (non-hydrogen) atoms. The maximum Gasteiger partial charge on any atom is 0.270 e. The smallest absolute Gasteiger partial charge is 0.270 e. The van der Waals surface area contributed by atoms with E-state index < -0.39 is 16.6 Å². The largest absolute Gasteiger partial charge is 0.350 e. The molecule has 0 aromatic heterocycles. The fourth-order valence-electron chi connectivity index (χ4n) is 1.57. The number of hydrogen-bond acceptors (Lipinski definition) is 4. The van der Waals surface area contributed by atoms with Crippen molar-refractivity contribution >= 4 is 11.6 Å². The zero-order chi connectivity index (χ0) is 16.4. The lowest BCUT2D eigenvalue weighted by Gasteiger charge is -2.32. The summed E-state index contributed by atoms with van der Waals surface area (Å²) in [5.41, 5.74) is -0.856. The van der Waals surface area contributed by atoms with Crippen molar-refractivity contribution in [1.29, 1.82) is 0 Å². The predicted molar refractivity (Wildman–Crippen MR) is 77.9 cm³/mol. The average molecular weight is 297 g/mol. The number of nitrogens with one attached hydrogen (secondary N) is 1. The number of benzene rings is 1. The number of carbonyl (C=O) groups is 1. The lowest BCUT2D eigenvalue weighted by molar-refractivity contribution is -0.385. The molecular formula is C14H20FN3O3. The number of likely N-dealkylation sites (N-methyl/N-ethyl adjacent to an activating group) is 1. The number of aryl methyl sites for hydroxylation is 1. The van der Waals surface area contributed by atoms with Crippen molar-refractivity contribution < 1.29 is 14.1 Å². The molecule has 1 amide bonds. The van der Waals surface area contributed by atoms with Crippen LogP contribution >= 0.6 is 0 Å². The molecule has 1 aromatic rings. The van der Waals surface area contributed by atoms with Gasteiger partial charge in [0.15, 0.2) is 0 Å². The normalized spacial score (nSPS) is 11.6. The maximum absolute atomic E-state index is 14.0. The van der Waals surface area contributed by atoms with Crippen LogP contribution < -0.4 is 5.32 Å². The van der Waals surface area contributed by atoms with E-state index in [1.807, 2.05) is 32.8 Å². The lowest BCUT2D eigenvalue weighted by atomic mass is 10.0. The van der Waals surface area contributed by atoms with E-state index in [2.05, 4.69) is 5.32 Å². The molecule has 0 aliphatic heterocycles. The summed E-state index contributed by atoms with van der Waals surface area (Å²) in [6, 6.07) is 2.07. The Kier molecular flexibility index (Phi) is 5.01. The summed E-state index contributed by atoms with van der Waals surface area (Å²) in [5, 5.41) is 13.4. The van der Waals surface area contributed by atoms with Gasteiger partial charge in [0.25, 0.3) is 11.6 Å². The van der Waals surface area contributed by atoms with Crippen LogP contribution in [0.3, 0.4) is 0 Å². The van der Waals surface area contributed by atoms with Crippen LogP contribution in [0.4, 0.5) is 10.1 Å². The number of rotatable bonds is 5. The summed E-state index contributed by atoms with van der Waals surface area (Å²) in [4.78, 5) is 24.1. The molecule has 0 saturated heterocycles. The second kappa shape index (κ2) is 6.17. The van der Waals surface area contributed by atoms with Crippen molar-refractivity contribution in [2.75, 3.05) is 20.6 Å². The van der Waals surface area contributed by atoms with Crippen LogP contribution in [-0.4, -0.2) is 41.9 Å². The third-order valence-electron chi connectivity index (χ3n) is 3.59. The molecule has 1 aromatic carbocycles. The Morgan fingerprint density at radius 3 is 2.48 bits per heavy atom. The highest BCUT2D eigenvalue weighted by Crippen LogP contribution is 2.21. The van der Waals surface area contributed by atoms with Gasteiger partial charge < -0.3 is 10.2 Å². The van der Waals surface area contributed by atoms with Crippen molar-refractivity contribution in [1.82, 2.24) is 10.2 Å². The fraction of sp³-hybridized carbons (Fsp3) is 0.500. The van der Waals surface area contributed by atoms with Gasteiger partial charge in [-0.2, -0.15) is 0 Å². The van der Waals surface area contributed by atoms with E-state index in [4.69, 9.17) is 0 Å². The van der Waals surface area contributed by atoms with Gasteiger partial charge in [-0.1, -0.05) is 0 Å². The van der Waals surface area contributed by atoms with Gasteiger partial charge in [0.2, 0.25) is 0 Å². The van der Waals surface area contributed by atoms with Gasteiger partial charge in [-0.3, -0.25) is 14.9 Å². The molecule has 0 aliphatic carbocycles. The van der Waals surface area contributed by atoms with Crippen molar-refractivity contribution in [2.24, 2.45) is 0 Å². The van der Waals surface area contributed by atoms with Crippen molar-refractivity contribution in [3.63, 3.8) is 0 Å². The highest BCUT2D eigenvalue weighted by Gasteiger charge is 2.24. The third kappa shape index (κ3) is 3.98. The summed E-state index contributed by atoms with van der Waals surface area (Å²) >= 11 is 0. The Morgan fingerprint density at radius 2 is 2.00 bits per heavy atom. The Bertz CT molecular complexity index is 571. The Morgan fingerprint density at radius 1 is 1.43 bits per heavy atom. The number of hydrogen-bond donors (Lipinski definition) is 1. The molecule has 0 atom stereocenters. The van der Waals surface area contributed by atoms with Gasteiger partial charge in [0.1, 0.15) is 5.82 Å². The van der Waals surface area contributed by atoms with E-state index in [-0.39, 0.29) is 22.4 Å². The summed E-state index contributed by atoms with van der Waals surface area (Å²) < 4.78 is 14.0. The molecule has 0 fully saturated rings. The third-order valence-corrected chi connectivity index (χ3v) is 3.59. The minimum absolute atomic E-state index is 0.0706. The molecule has 0 saturated carbocycles. The lowest BCUT2D eigenvalue weighted by Crippen LogP contribution is -2.48. The van der Waals surface area contributed by atoms with Gasteiger partial charge in [0.05, 0.1) is 10.5 Å². The van der Waals surface area contributed by atoms with Gasteiger partial charge in [-0.15, -0.1) is 0 Å². The van der Waals surface area contributed by atoms with Gasteiger partial charge >= 0.3 is 0 Å². The molecule has 0 radical (unpaired) electrons. The van der Waals surface area contributed by atoms with E-state index in [1.54, 1.807) is 0 Å². The van der Waals surface area contributed by atoms with Crippen LogP contribution in [0.2, 0.25) is 0 Å². The highest BCUT2D eigenvalue weighted by atomic mass is 19.1. The first kappa shape index (κ1) is 17.0. The molecule has 1 N–H and O–H groups in total. The second-order valence-corrected chi connectivity index (χ2v) is 5.77. The molecule has 0 unspecified atom stereocenters. The monoisotopic (exact) mass is 297 g/mol. The molecule has 0 heterocycles. The average Bonchev–Trinajstić information content (AvgIpc) is 2.38. The summed E-state index contributed by atoms with van der Waals surface area (Å²) in [6.45, 7) is 5.52. The summed E-state index contributed by atoms with van der Waals surface area (Å²) in [7, 11) is 3.73. The van der Waals surface area contributed by atoms with Gasteiger partial charge in [-0.25, -0.2) is 4.39 Å². The molecule has 6 nitrogen and oxygen atoms in total. The minimum atomic E-state index is -0.735. The van der Waals surface area contributed by atoms with Crippen LogP contribution in [-0.2, 0) is 0 Å². The molecular weight excluding hydrogens is 277 g/mol. The topological polar surface area (TPSA) is 75.5 Å². The van der Waals surface area contributed by atoms with Crippen LogP contribution in [0.5, 0.6) is 0 Å². The number of nitrogens with zero attached hydrogens (tertiary/aromatic N) is 2. The van der Waals surface area contributed by atoms with Gasteiger partial charge in [-0.05, 0) is 40.4 Å². The summed E-state index contributed by atoms with van der Waals surface area (Å²) in [5.74, 6) is -1.39. The van der Waals surface area contributed by atoms with Crippen molar-refractivity contribution in [3.8, 4) is 0 Å². The maximum atomic E-state index is 14.0. The molecule has 7 heteroatoms. The fourth-order valence-corrected chi connectivity index (χ4v) is 1.57. The Labute approximate surface area is 123 Å². The van der Waals surface area contributed by atoms with Gasteiger partial charge in [0, 0.05) is 24.2 Å². The number of non-ortho nitro benzene ring substituents is 1. The second-order valence-electron chi connectivity index (χ2n) is 5.77. The van der Waals surface area contributed by atoms with E-state index >= 15 is 0 Å². The van der Waals surface area contributed by atoms with E-state index in [0.29, 0.717) is 6.54 Å². The van der Waals surface area contributed by atoms with E-state index in [0.717, 1.165) is 12.1 Å². The Hall–Kier alpha value is -2.02. The minimum Gasteiger partial charge on any atom is -0.350 e. The number of halogens is 1. The number of nitro groups is 1. The van der Waals surface area contributed by atoms with Crippen LogP contribution in [0, 0.1) is 22.9 Å². The molecule has 0 bridgehead atoms. The predicted octanol–water partition coefficient (Wildman–Crippen LogP) is 2.11. The first-order valence-electron chi connectivity index (χ1n) is 6.46. The van der Waals surface area contributed by atoms with Crippen LogP contribution in [0.1, 0.15) is 29.8 Å². The molecule has 0 aliphatic rings. The summed E-state index contributed by atoms with van der Waals surface area (Å²) in [6.07, 6.45) is 0. The molecule has 1 rings (SSSR count). The SMILES string of the molecule is Cc1cc([N+](=O)[O-])cc(C(=O)NCC(C)(C)N(C)C)c1F. The zero-order valence-corrected chi connectivity index (χ0v) is 12.9. The van der Waals surface area contributed by atoms with Crippen LogP contribution in [0.25, 0.3) is 0 Å². The highest BCUT2D eigenvalue weighted by molar-refractivity contribution is 5.95. The van der Waals surface area contributed by atoms with E-state index in [9.17, 15) is 19.3 Å². The number of nitro benzene ring substituents is 1. The van der Waals surface area contributed by atoms with Crippen molar-refractivity contribution in [2.45, 2.75) is 26.3 Å². The van der Waals surface area contributed by atoms with Crippen molar-refractivity contribution in [3.05, 3.63) is 39.2 Å².